The molecule has 1 aliphatic rings. The molecular weight excluding hydrogens is 316 g/mol. The van der Waals surface area contributed by atoms with Gasteiger partial charge in [-0.15, -0.1) is 0 Å². The lowest BCUT2D eigenvalue weighted by Gasteiger charge is -2.24. The number of hydrogen-bond donors (Lipinski definition) is 1. The van der Waals surface area contributed by atoms with Crippen LogP contribution in [-0.2, 0) is 5.54 Å². The second kappa shape index (κ2) is 6.67. The summed E-state index contributed by atoms with van der Waals surface area (Å²) in [5.74, 6) is 1.27. The fourth-order valence-corrected chi connectivity index (χ4v) is 2.95. The molecule has 136 valence electrons. The summed E-state index contributed by atoms with van der Waals surface area (Å²) in [5.41, 5.74) is 1.43. The Hall–Kier alpha value is -2.08. The Morgan fingerprint density at radius 3 is 2.68 bits per heavy atom. The van der Waals surface area contributed by atoms with Crippen molar-refractivity contribution in [2.75, 3.05) is 20.6 Å². The van der Waals surface area contributed by atoms with Crippen molar-refractivity contribution in [2.24, 2.45) is 0 Å². The van der Waals surface area contributed by atoms with Gasteiger partial charge in [-0.2, -0.15) is 5.10 Å². The molecule has 0 aliphatic heterocycles. The van der Waals surface area contributed by atoms with Gasteiger partial charge >= 0.3 is 0 Å². The average molecular weight is 344 g/mol. The van der Waals surface area contributed by atoms with Gasteiger partial charge in [0.05, 0.1) is 23.5 Å². The zero-order chi connectivity index (χ0) is 18.2. The third-order valence-electron chi connectivity index (χ3n) is 4.54. The molecule has 1 atom stereocenters. The van der Waals surface area contributed by atoms with Crippen molar-refractivity contribution >= 4 is 5.91 Å². The van der Waals surface area contributed by atoms with E-state index >= 15 is 0 Å². The fraction of sp³-hybridized carbons (Fsp3) is 0.579. The maximum atomic E-state index is 12.8. The van der Waals surface area contributed by atoms with Gasteiger partial charge in [0.25, 0.3) is 5.91 Å². The van der Waals surface area contributed by atoms with Gasteiger partial charge in [0.15, 0.2) is 0 Å². The van der Waals surface area contributed by atoms with Crippen LogP contribution in [0.15, 0.2) is 28.9 Å². The van der Waals surface area contributed by atoms with Gasteiger partial charge in [0, 0.05) is 12.5 Å². The summed E-state index contributed by atoms with van der Waals surface area (Å²) in [6, 6.07) is 5.74. The topological polar surface area (TPSA) is 63.3 Å². The summed E-state index contributed by atoms with van der Waals surface area (Å²) in [6.07, 6.45) is 4.00. The maximum Gasteiger partial charge on any atom is 0.269 e. The van der Waals surface area contributed by atoms with Crippen molar-refractivity contribution in [3.8, 4) is 0 Å². The summed E-state index contributed by atoms with van der Waals surface area (Å²) < 4.78 is 7.36. The van der Waals surface area contributed by atoms with E-state index in [0.717, 1.165) is 11.5 Å². The molecule has 1 amide bonds. The molecule has 1 N–H and O–H groups in total. The highest BCUT2D eigenvalue weighted by Gasteiger charge is 2.31. The summed E-state index contributed by atoms with van der Waals surface area (Å²) >= 11 is 0. The summed E-state index contributed by atoms with van der Waals surface area (Å²) in [5, 5.41) is 7.76. The molecule has 1 aliphatic carbocycles. The van der Waals surface area contributed by atoms with Gasteiger partial charge < -0.3 is 9.73 Å². The quantitative estimate of drug-likeness (QED) is 0.874. The zero-order valence-corrected chi connectivity index (χ0v) is 15.7. The molecule has 0 radical (unpaired) electrons. The van der Waals surface area contributed by atoms with Crippen LogP contribution in [0.25, 0.3) is 0 Å². The number of carbonyl (C=O) groups is 1. The average Bonchev–Trinajstić information content (AvgIpc) is 3.06. The number of furan rings is 1. The number of aromatic nitrogens is 2. The number of hydrogen-bond acceptors (Lipinski definition) is 4. The predicted octanol–water partition coefficient (Wildman–Crippen LogP) is 3.14. The first-order chi connectivity index (χ1) is 11.8. The van der Waals surface area contributed by atoms with Gasteiger partial charge in [-0.3, -0.25) is 14.4 Å². The maximum absolute atomic E-state index is 12.8. The Morgan fingerprint density at radius 1 is 1.44 bits per heavy atom. The van der Waals surface area contributed by atoms with Crippen molar-refractivity contribution in [3.05, 3.63) is 41.6 Å². The molecule has 1 fully saturated rings. The second-order valence-corrected chi connectivity index (χ2v) is 8.02. The lowest BCUT2D eigenvalue weighted by molar-refractivity contribution is 0.0920. The van der Waals surface area contributed by atoms with E-state index in [2.05, 4.69) is 26.1 Å². The molecule has 3 rings (SSSR count). The summed E-state index contributed by atoms with van der Waals surface area (Å²) in [6.45, 7) is 6.68. The minimum atomic E-state index is -0.234. The number of nitrogens with one attached hydrogen (secondary N) is 1. The van der Waals surface area contributed by atoms with Crippen LogP contribution in [0.4, 0.5) is 0 Å². The van der Waals surface area contributed by atoms with E-state index in [-0.39, 0.29) is 17.5 Å². The van der Waals surface area contributed by atoms with Crippen molar-refractivity contribution < 1.29 is 9.21 Å². The molecule has 0 bridgehead atoms. The normalized spacial score (nSPS) is 16.2. The van der Waals surface area contributed by atoms with Gasteiger partial charge in [-0.05, 0) is 65.9 Å². The van der Waals surface area contributed by atoms with E-state index in [1.54, 1.807) is 6.26 Å². The first kappa shape index (κ1) is 17.7. The number of carbonyl (C=O) groups excluding carboxylic acids is 1. The fourth-order valence-electron chi connectivity index (χ4n) is 2.95. The van der Waals surface area contributed by atoms with Crippen molar-refractivity contribution in [3.63, 3.8) is 0 Å². The molecule has 0 spiro atoms. The molecular formula is C19H28N4O2. The van der Waals surface area contributed by atoms with Crippen molar-refractivity contribution in [1.29, 1.82) is 0 Å². The Kier molecular flexibility index (Phi) is 4.73. The first-order valence-corrected chi connectivity index (χ1v) is 8.86. The highest BCUT2D eigenvalue weighted by Crippen LogP contribution is 2.40. The minimum absolute atomic E-state index is 0.00661. The third-order valence-corrected chi connectivity index (χ3v) is 4.54. The molecule has 2 heterocycles. The third kappa shape index (κ3) is 3.95. The summed E-state index contributed by atoms with van der Waals surface area (Å²) in [4.78, 5) is 14.9. The largest absolute Gasteiger partial charge is 0.468 e. The lowest BCUT2D eigenvalue weighted by Crippen LogP contribution is -2.37. The van der Waals surface area contributed by atoms with Crippen LogP contribution in [-0.4, -0.2) is 41.2 Å². The van der Waals surface area contributed by atoms with E-state index in [0.29, 0.717) is 18.2 Å². The zero-order valence-electron chi connectivity index (χ0n) is 15.7. The van der Waals surface area contributed by atoms with Crippen LogP contribution in [0.1, 0.15) is 67.5 Å². The highest BCUT2D eigenvalue weighted by atomic mass is 16.3. The SMILES string of the molecule is CN(C)C(CNC(=O)c1cc(C2CC2)nn1C(C)(C)C)c1ccco1. The Labute approximate surface area is 149 Å². The molecule has 6 nitrogen and oxygen atoms in total. The van der Waals surface area contributed by atoms with Crippen LogP contribution < -0.4 is 5.32 Å². The number of nitrogens with zero attached hydrogens (tertiary/aromatic N) is 3. The van der Waals surface area contributed by atoms with Crippen LogP contribution in [0.3, 0.4) is 0 Å². The van der Waals surface area contributed by atoms with Crippen LogP contribution in [0.5, 0.6) is 0 Å². The molecule has 1 saturated carbocycles. The first-order valence-electron chi connectivity index (χ1n) is 8.86. The molecule has 1 unspecified atom stereocenters. The van der Waals surface area contributed by atoms with Gasteiger partial charge in [0.2, 0.25) is 0 Å². The van der Waals surface area contributed by atoms with Crippen LogP contribution in [0, 0.1) is 0 Å². The lowest BCUT2D eigenvalue weighted by atomic mass is 10.1. The minimum Gasteiger partial charge on any atom is -0.468 e. The van der Waals surface area contributed by atoms with E-state index in [9.17, 15) is 4.79 Å². The number of amides is 1. The van der Waals surface area contributed by atoms with Gasteiger partial charge in [0.1, 0.15) is 11.5 Å². The molecule has 2 aromatic heterocycles. The monoisotopic (exact) mass is 344 g/mol. The van der Waals surface area contributed by atoms with Gasteiger partial charge in [-0.25, -0.2) is 0 Å². The number of rotatable bonds is 6. The van der Waals surface area contributed by atoms with Crippen LogP contribution >= 0.6 is 0 Å². The Morgan fingerprint density at radius 2 is 2.16 bits per heavy atom. The highest BCUT2D eigenvalue weighted by molar-refractivity contribution is 5.92. The predicted molar refractivity (Wildman–Crippen MR) is 96.7 cm³/mol. The standard InChI is InChI=1S/C19H28N4O2/c1-19(2,3)23-15(11-14(21-23)13-8-9-13)18(24)20-12-16(22(4)5)17-7-6-10-25-17/h6-7,10-11,13,16H,8-9,12H2,1-5H3,(H,20,24). The Bertz CT molecular complexity index is 721. The van der Waals surface area contributed by atoms with E-state index in [4.69, 9.17) is 9.52 Å². The van der Waals surface area contributed by atoms with E-state index < -0.39 is 0 Å². The van der Waals surface area contributed by atoms with E-state index in [1.165, 1.54) is 12.8 Å². The van der Waals surface area contributed by atoms with Gasteiger partial charge in [-0.1, -0.05) is 0 Å². The van der Waals surface area contributed by atoms with Crippen molar-refractivity contribution in [1.82, 2.24) is 20.0 Å². The molecule has 6 heteroatoms. The molecule has 2 aromatic rings. The summed E-state index contributed by atoms with van der Waals surface area (Å²) in [7, 11) is 3.95. The van der Waals surface area contributed by atoms with Crippen molar-refractivity contribution in [2.45, 2.75) is 51.1 Å². The molecule has 0 aromatic carbocycles. The Balaban J connectivity index is 1.76. The van der Waals surface area contributed by atoms with E-state index in [1.807, 2.05) is 41.9 Å². The number of likely N-dealkylation sites (N-methyl/N-ethyl adjacent to an activating group) is 1. The van der Waals surface area contributed by atoms with Crippen LogP contribution in [0.2, 0.25) is 0 Å². The molecule has 25 heavy (non-hydrogen) atoms. The smallest absolute Gasteiger partial charge is 0.269 e. The molecule has 0 saturated heterocycles. The second-order valence-electron chi connectivity index (χ2n) is 8.02.